The second-order valence-corrected chi connectivity index (χ2v) is 10.8. The highest BCUT2D eigenvalue weighted by Crippen LogP contribution is 2.37. The normalized spacial score (nSPS) is 18.0. The molecule has 3 heteroatoms. The Labute approximate surface area is 215 Å². The molecule has 0 spiro atoms. The van der Waals surface area contributed by atoms with Crippen molar-refractivity contribution >= 4 is 37.6 Å². The van der Waals surface area contributed by atoms with E-state index in [0.717, 1.165) is 23.9 Å². The van der Waals surface area contributed by atoms with E-state index in [0.29, 0.717) is 12.0 Å². The standard InChI is InChI=1S/C32H31BrN2/c33-26-16-12-24(13-17-26)32-29(31-28-10-5-4-9-23(28)15-19-30(31)35-32)11-6-20-34-27-18-14-25(21-27)22-7-2-1-3-8-22/h1-5,7-10,12-13,15-17,19,25,27,34-35H,6,11,14,18,20-21H2. The van der Waals surface area contributed by atoms with Crippen LogP contribution in [0.1, 0.15) is 42.7 Å². The van der Waals surface area contributed by atoms with Crippen molar-refractivity contribution in [2.45, 2.75) is 44.1 Å². The van der Waals surface area contributed by atoms with Gasteiger partial charge in [0.15, 0.2) is 0 Å². The molecular weight excluding hydrogens is 492 g/mol. The number of aryl methyl sites for hydroxylation is 1. The van der Waals surface area contributed by atoms with Gasteiger partial charge in [-0.3, -0.25) is 0 Å². The van der Waals surface area contributed by atoms with E-state index in [1.807, 2.05) is 0 Å². The van der Waals surface area contributed by atoms with E-state index < -0.39 is 0 Å². The van der Waals surface area contributed by atoms with Crippen molar-refractivity contribution in [2.75, 3.05) is 6.54 Å². The Bertz CT molecular complexity index is 1440. The summed E-state index contributed by atoms with van der Waals surface area (Å²) < 4.78 is 1.11. The van der Waals surface area contributed by atoms with Crippen molar-refractivity contribution in [1.29, 1.82) is 0 Å². The number of hydrogen-bond donors (Lipinski definition) is 2. The summed E-state index contributed by atoms with van der Waals surface area (Å²) in [5.74, 6) is 0.706. The molecule has 1 saturated carbocycles. The van der Waals surface area contributed by atoms with E-state index >= 15 is 0 Å². The molecule has 2 nitrogen and oxygen atoms in total. The predicted molar refractivity (Wildman–Crippen MR) is 152 cm³/mol. The van der Waals surface area contributed by atoms with Gasteiger partial charge in [0.2, 0.25) is 0 Å². The maximum Gasteiger partial charge on any atom is 0.0497 e. The van der Waals surface area contributed by atoms with Crippen LogP contribution < -0.4 is 5.32 Å². The zero-order valence-electron chi connectivity index (χ0n) is 19.9. The van der Waals surface area contributed by atoms with E-state index in [1.165, 1.54) is 63.3 Å². The van der Waals surface area contributed by atoms with Gasteiger partial charge in [0, 0.05) is 27.1 Å². The highest BCUT2D eigenvalue weighted by molar-refractivity contribution is 9.10. The Balaban J connectivity index is 1.22. The van der Waals surface area contributed by atoms with Gasteiger partial charge in [0.25, 0.3) is 0 Å². The molecule has 6 rings (SSSR count). The van der Waals surface area contributed by atoms with Crippen LogP contribution in [0.3, 0.4) is 0 Å². The van der Waals surface area contributed by atoms with Crippen molar-refractivity contribution in [3.8, 4) is 11.3 Å². The van der Waals surface area contributed by atoms with Crippen molar-refractivity contribution in [3.63, 3.8) is 0 Å². The molecule has 5 aromatic rings. The number of H-pyrrole nitrogens is 1. The van der Waals surface area contributed by atoms with Crippen LogP contribution >= 0.6 is 15.9 Å². The Morgan fingerprint density at radius 3 is 2.49 bits per heavy atom. The number of benzene rings is 4. The van der Waals surface area contributed by atoms with Gasteiger partial charge in [0.1, 0.15) is 0 Å². The van der Waals surface area contributed by atoms with Gasteiger partial charge in [-0.15, -0.1) is 0 Å². The van der Waals surface area contributed by atoms with Crippen LogP contribution in [0.5, 0.6) is 0 Å². The molecule has 1 aromatic heterocycles. The monoisotopic (exact) mass is 522 g/mol. The lowest BCUT2D eigenvalue weighted by atomic mass is 9.97. The van der Waals surface area contributed by atoms with Gasteiger partial charge in [-0.2, -0.15) is 0 Å². The number of aromatic nitrogens is 1. The molecule has 1 heterocycles. The lowest BCUT2D eigenvalue weighted by Crippen LogP contribution is -2.27. The lowest BCUT2D eigenvalue weighted by molar-refractivity contribution is 0.509. The predicted octanol–water partition coefficient (Wildman–Crippen LogP) is 8.61. The fourth-order valence-corrected chi connectivity index (χ4v) is 6.18. The van der Waals surface area contributed by atoms with Crippen LogP contribution in [0.4, 0.5) is 0 Å². The minimum atomic E-state index is 0.634. The fourth-order valence-electron chi connectivity index (χ4n) is 5.92. The Morgan fingerprint density at radius 2 is 1.63 bits per heavy atom. The Morgan fingerprint density at radius 1 is 0.829 bits per heavy atom. The van der Waals surface area contributed by atoms with Crippen LogP contribution in [-0.4, -0.2) is 17.6 Å². The number of fused-ring (bicyclic) bond motifs is 3. The number of halogens is 1. The third kappa shape index (κ3) is 4.68. The Kier molecular flexibility index (Phi) is 6.45. The van der Waals surface area contributed by atoms with Crippen molar-refractivity contribution in [2.24, 2.45) is 0 Å². The summed E-state index contributed by atoms with van der Waals surface area (Å²) in [7, 11) is 0. The minimum Gasteiger partial charge on any atom is -0.354 e. The largest absolute Gasteiger partial charge is 0.354 e. The van der Waals surface area contributed by atoms with E-state index in [-0.39, 0.29) is 0 Å². The van der Waals surface area contributed by atoms with Gasteiger partial charge in [-0.25, -0.2) is 0 Å². The first-order valence-corrected chi connectivity index (χ1v) is 13.6. The molecule has 2 unspecified atom stereocenters. The van der Waals surface area contributed by atoms with Crippen LogP contribution in [0, 0.1) is 0 Å². The molecule has 1 fully saturated rings. The summed E-state index contributed by atoms with van der Waals surface area (Å²) >= 11 is 3.59. The van der Waals surface area contributed by atoms with Gasteiger partial charge in [-0.1, -0.05) is 88.7 Å². The van der Waals surface area contributed by atoms with Crippen LogP contribution in [0.15, 0.2) is 95.5 Å². The van der Waals surface area contributed by atoms with Crippen LogP contribution in [-0.2, 0) is 6.42 Å². The summed E-state index contributed by atoms with van der Waals surface area (Å²) in [4.78, 5) is 3.76. The fraction of sp³-hybridized carbons (Fsp3) is 0.250. The number of nitrogens with one attached hydrogen (secondary N) is 2. The zero-order valence-corrected chi connectivity index (χ0v) is 21.5. The first-order valence-electron chi connectivity index (χ1n) is 12.8. The molecule has 0 bridgehead atoms. The second kappa shape index (κ2) is 10.0. The molecule has 0 saturated heterocycles. The molecule has 2 N–H and O–H groups in total. The summed E-state index contributed by atoms with van der Waals surface area (Å²) in [6.45, 7) is 1.06. The maximum absolute atomic E-state index is 3.88. The summed E-state index contributed by atoms with van der Waals surface area (Å²) in [5.41, 5.74) is 6.67. The van der Waals surface area contributed by atoms with Gasteiger partial charge in [-0.05, 0) is 90.2 Å². The number of hydrogen-bond acceptors (Lipinski definition) is 1. The van der Waals surface area contributed by atoms with Gasteiger partial charge >= 0.3 is 0 Å². The third-order valence-electron chi connectivity index (χ3n) is 7.67. The van der Waals surface area contributed by atoms with Crippen molar-refractivity contribution in [3.05, 3.63) is 107 Å². The van der Waals surface area contributed by atoms with Crippen molar-refractivity contribution in [1.82, 2.24) is 10.3 Å². The average molecular weight is 524 g/mol. The third-order valence-corrected chi connectivity index (χ3v) is 8.19. The number of aromatic amines is 1. The van der Waals surface area contributed by atoms with Crippen molar-refractivity contribution < 1.29 is 0 Å². The van der Waals surface area contributed by atoms with E-state index in [1.54, 1.807) is 0 Å². The van der Waals surface area contributed by atoms with E-state index in [4.69, 9.17) is 0 Å². The average Bonchev–Trinajstić information content (AvgIpc) is 3.53. The zero-order chi connectivity index (χ0) is 23.6. The summed E-state index contributed by atoms with van der Waals surface area (Å²) in [6, 6.07) is 33.6. The Hall–Kier alpha value is -2.88. The van der Waals surface area contributed by atoms with Crippen LogP contribution in [0.25, 0.3) is 32.9 Å². The highest BCUT2D eigenvalue weighted by Gasteiger charge is 2.25. The second-order valence-electron chi connectivity index (χ2n) is 9.87. The lowest BCUT2D eigenvalue weighted by Gasteiger charge is -2.14. The van der Waals surface area contributed by atoms with E-state index in [2.05, 4.69) is 117 Å². The maximum atomic E-state index is 3.88. The molecule has 176 valence electrons. The van der Waals surface area contributed by atoms with Gasteiger partial charge in [0.05, 0.1) is 0 Å². The van der Waals surface area contributed by atoms with Gasteiger partial charge < -0.3 is 10.3 Å². The molecule has 1 aliphatic rings. The first kappa shape index (κ1) is 22.6. The molecule has 35 heavy (non-hydrogen) atoms. The first-order chi connectivity index (χ1) is 17.3. The van der Waals surface area contributed by atoms with E-state index in [9.17, 15) is 0 Å². The topological polar surface area (TPSA) is 27.8 Å². The minimum absolute atomic E-state index is 0.634. The molecule has 4 aromatic carbocycles. The molecule has 2 atom stereocenters. The molecular formula is C32H31BrN2. The summed E-state index contributed by atoms with van der Waals surface area (Å²) in [6.07, 6.45) is 6.02. The number of rotatable bonds is 7. The quantitative estimate of drug-likeness (QED) is 0.205. The molecule has 0 aliphatic heterocycles. The van der Waals surface area contributed by atoms with Crippen LogP contribution in [0.2, 0.25) is 0 Å². The smallest absolute Gasteiger partial charge is 0.0497 e. The molecule has 1 aliphatic carbocycles. The highest BCUT2D eigenvalue weighted by atomic mass is 79.9. The SMILES string of the molecule is Brc1ccc(-c2[nH]c3ccc4ccccc4c3c2CCCNC2CCC(c3ccccc3)C2)cc1. The molecule has 0 radical (unpaired) electrons. The molecule has 0 amide bonds. The summed E-state index contributed by atoms with van der Waals surface area (Å²) in [5, 5.41) is 7.91.